The summed E-state index contributed by atoms with van der Waals surface area (Å²) in [6.07, 6.45) is 8.76. The lowest BCUT2D eigenvalue weighted by Crippen LogP contribution is -2.25. The van der Waals surface area contributed by atoms with Crippen LogP contribution in [0.15, 0.2) is 80.0 Å². The number of fused-ring (bicyclic) bond motifs is 1. The molecule has 5 rings (SSSR count). The lowest BCUT2D eigenvalue weighted by molar-refractivity contribution is 0.0956. The van der Waals surface area contributed by atoms with Gasteiger partial charge in [-0.3, -0.25) is 24.3 Å². The first-order chi connectivity index (χ1) is 18.2. The van der Waals surface area contributed by atoms with E-state index in [-0.39, 0.29) is 5.91 Å². The van der Waals surface area contributed by atoms with Crippen LogP contribution in [0.2, 0.25) is 0 Å². The topological polar surface area (TPSA) is 121 Å². The Balaban J connectivity index is 1.36. The summed E-state index contributed by atoms with van der Waals surface area (Å²) in [6, 6.07) is 12.7. The number of hydrogen-bond donors (Lipinski definition) is 1. The monoisotopic (exact) mass is 492 g/mol. The molecule has 0 fully saturated rings. The van der Waals surface area contributed by atoms with Crippen molar-refractivity contribution in [3.05, 3.63) is 91.4 Å². The number of hydrogen-bond acceptors (Lipinski definition) is 8. The number of amides is 1. The summed E-state index contributed by atoms with van der Waals surface area (Å²) in [7, 11) is 0. The number of ether oxygens (including phenoxy) is 1. The van der Waals surface area contributed by atoms with Crippen molar-refractivity contribution >= 4 is 22.5 Å². The number of carbonyl (C=O) groups is 1. The Bertz CT molecular complexity index is 1540. The fourth-order valence-corrected chi connectivity index (χ4v) is 3.88. The van der Waals surface area contributed by atoms with Crippen LogP contribution >= 0.6 is 0 Å². The Morgan fingerprint density at radius 2 is 1.86 bits per heavy atom. The molecule has 0 saturated heterocycles. The summed E-state index contributed by atoms with van der Waals surface area (Å²) in [5.41, 5.74) is 3.86. The standard InChI is InChI=1S/C27H24N8O2/c1-3-37-20-6-7-23(32-17-20)26-34-33-25(35(26)19-9-13-28-14-10-19)18(2)8-15-31-27(36)21-11-16-29-22-5-4-12-30-24(21)22/h4-7,9-14,16-17H,2-3,8,15H2,1H3,(H,31,36). The van der Waals surface area contributed by atoms with Crippen LogP contribution in [0.3, 0.4) is 0 Å². The Kier molecular flexibility index (Phi) is 6.89. The molecule has 1 amide bonds. The highest BCUT2D eigenvalue weighted by Gasteiger charge is 2.19. The van der Waals surface area contributed by atoms with E-state index in [0.29, 0.717) is 64.8 Å². The van der Waals surface area contributed by atoms with Gasteiger partial charge in [-0.25, -0.2) is 4.98 Å². The van der Waals surface area contributed by atoms with Gasteiger partial charge in [0.2, 0.25) is 0 Å². The molecule has 0 aromatic carbocycles. The average Bonchev–Trinajstić information content (AvgIpc) is 3.39. The van der Waals surface area contributed by atoms with Gasteiger partial charge in [0.25, 0.3) is 5.91 Å². The second-order valence-electron chi connectivity index (χ2n) is 8.04. The molecule has 0 aliphatic carbocycles. The SMILES string of the molecule is C=C(CCNC(=O)c1ccnc2cccnc12)c1nnc(-c2ccc(OCC)cn2)n1-c1ccncc1. The minimum Gasteiger partial charge on any atom is -0.492 e. The minimum absolute atomic E-state index is 0.228. The number of carbonyl (C=O) groups excluding carboxylic acids is 1. The molecule has 5 aromatic heterocycles. The lowest BCUT2D eigenvalue weighted by atomic mass is 10.1. The molecule has 184 valence electrons. The van der Waals surface area contributed by atoms with Gasteiger partial charge in [0.15, 0.2) is 11.6 Å². The number of rotatable bonds is 9. The Morgan fingerprint density at radius 1 is 1.00 bits per heavy atom. The summed E-state index contributed by atoms with van der Waals surface area (Å²) in [6.45, 7) is 7.06. The molecule has 10 nitrogen and oxygen atoms in total. The predicted octanol–water partition coefficient (Wildman–Crippen LogP) is 3.90. The molecule has 0 unspecified atom stereocenters. The summed E-state index contributed by atoms with van der Waals surface area (Å²) in [5, 5.41) is 11.8. The Hall–Kier alpha value is -4.99. The highest BCUT2D eigenvalue weighted by molar-refractivity contribution is 6.04. The van der Waals surface area contributed by atoms with Crippen LogP contribution in [-0.4, -0.2) is 53.8 Å². The number of aromatic nitrogens is 7. The van der Waals surface area contributed by atoms with Crippen molar-refractivity contribution in [1.29, 1.82) is 0 Å². The molecular formula is C27H24N8O2. The molecule has 0 bridgehead atoms. The number of nitrogens with one attached hydrogen (secondary N) is 1. The van der Waals surface area contributed by atoms with Crippen molar-refractivity contribution in [2.24, 2.45) is 0 Å². The van der Waals surface area contributed by atoms with Crippen molar-refractivity contribution in [3.8, 4) is 23.0 Å². The first-order valence-electron chi connectivity index (χ1n) is 11.8. The first-order valence-corrected chi connectivity index (χ1v) is 11.8. The number of pyridine rings is 4. The van der Waals surface area contributed by atoms with E-state index in [4.69, 9.17) is 4.74 Å². The molecule has 0 spiro atoms. The van der Waals surface area contributed by atoms with Crippen LogP contribution < -0.4 is 10.1 Å². The van der Waals surface area contributed by atoms with Crippen LogP contribution in [0, 0.1) is 0 Å². The van der Waals surface area contributed by atoms with Crippen LogP contribution in [-0.2, 0) is 0 Å². The highest BCUT2D eigenvalue weighted by atomic mass is 16.5. The summed E-state index contributed by atoms with van der Waals surface area (Å²) >= 11 is 0. The average molecular weight is 493 g/mol. The Labute approximate surface area is 213 Å². The van der Waals surface area contributed by atoms with E-state index in [0.717, 1.165) is 5.69 Å². The van der Waals surface area contributed by atoms with Gasteiger partial charge in [-0.15, -0.1) is 10.2 Å². The van der Waals surface area contributed by atoms with Crippen LogP contribution in [0.5, 0.6) is 5.75 Å². The smallest absolute Gasteiger partial charge is 0.253 e. The zero-order chi connectivity index (χ0) is 25.6. The largest absolute Gasteiger partial charge is 0.492 e. The van der Waals surface area contributed by atoms with Gasteiger partial charge in [-0.2, -0.15) is 0 Å². The summed E-state index contributed by atoms with van der Waals surface area (Å²) in [4.78, 5) is 30.1. The zero-order valence-electron chi connectivity index (χ0n) is 20.2. The molecule has 5 aromatic rings. The van der Waals surface area contributed by atoms with Gasteiger partial charge in [0, 0.05) is 31.3 Å². The first kappa shape index (κ1) is 23.7. The minimum atomic E-state index is -0.228. The van der Waals surface area contributed by atoms with Crippen LogP contribution in [0.25, 0.3) is 33.8 Å². The van der Waals surface area contributed by atoms with E-state index in [1.54, 1.807) is 43.1 Å². The molecule has 1 N–H and O–H groups in total. The molecule has 0 atom stereocenters. The fourth-order valence-electron chi connectivity index (χ4n) is 3.88. The van der Waals surface area contributed by atoms with E-state index in [2.05, 4.69) is 42.0 Å². The second-order valence-corrected chi connectivity index (χ2v) is 8.04. The van der Waals surface area contributed by atoms with Crippen molar-refractivity contribution in [3.63, 3.8) is 0 Å². The van der Waals surface area contributed by atoms with Crippen molar-refractivity contribution in [2.45, 2.75) is 13.3 Å². The van der Waals surface area contributed by atoms with Gasteiger partial charge in [-0.05, 0) is 61.4 Å². The maximum absolute atomic E-state index is 12.9. The van der Waals surface area contributed by atoms with Gasteiger partial charge in [0.05, 0.1) is 29.6 Å². The molecule has 0 saturated carbocycles. The summed E-state index contributed by atoms with van der Waals surface area (Å²) < 4.78 is 7.39. The van der Waals surface area contributed by atoms with E-state index in [9.17, 15) is 4.79 Å². The van der Waals surface area contributed by atoms with Crippen molar-refractivity contribution < 1.29 is 9.53 Å². The molecule has 10 heteroatoms. The van der Waals surface area contributed by atoms with E-state index in [1.807, 2.05) is 41.8 Å². The third-order valence-corrected chi connectivity index (χ3v) is 5.63. The number of nitrogens with zero attached hydrogens (tertiary/aromatic N) is 7. The van der Waals surface area contributed by atoms with Gasteiger partial charge in [0.1, 0.15) is 17.0 Å². The van der Waals surface area contributed by atoms with Gasteiger partial charge < -0.3 is 10.1 Å². The van der Waals surface area contributed by atoms with Crippen molar-refractivity contribution in [1.82, 2.24) is 40.0 Å². The maximum Gasteiger partial charge on any atom is 0.253 e. The fraction of sp³-hybridized carbons (Fsp3) is 0.148. The van der Waals surface area contributed by atoms with E-state index >= 15 is 0 Å². The van der Waals surface area contributed by atoms with Crippen LogP contribution in [0.1, 0.15) is 29.5 Å². The van der Waals surface area contributed by atoms with E-state index < -0.39 is 0 Å². The molecule has 0 aliphatic heterocycles. The second kappa shape index (κ2) is 10.7. The molecular weight excluding hydrogens is 468 g/mol. The lowest BCUT2D eigenvalue weighted by Gasteiger charge is -2.12. The third kappa shape index (κ3) is 5.03. The predicted molar refractivity (Wildman–Crippen MR) is 139 cm³/mol. The molecule has 37 heavy (non-hydrogen) atoms. The molecule has 5 heterocycles. The normalized spacial score (nSPS) is 10.8. The molecule has 0 aliphatic rings. The van der Waals surface area contributed by atoms with E-state index in [1.165, 1.54) is 0 Å². The highest BCUT2D eigenvalue weighted by Crippen LogP contribution is 2.26. The van der Waals surface area contributed by atoms with Gasteiger partial charge in [-0.1, -0.05) is 6.58 Å². The zero-order valence-corrected chi connectivity index (χ0v) is 20.2. The summed E-state index contributed by atoms with van der Waals surface area (Å²) in [5.74, 6) is 1.58. The quantitative estimate of drug-likeness (QED) is 0.329. The van der Waals surface area contributed by atoms with Crippen LogP contribution in [0.4, 0.5) is 0 Å². The van der Waals surface area contributed by atoms with Crippen molar-refractivity contribution in [2.75, 3.05) is 13.2 Å². The van der Waals surface area contributed by atoms with Gasteiger partial charge >= 0.3 is 0 Å². The maximum atomic E-state index is 12.9. The third-order valence-electron chi connectivity index (χ3n) is 5.63. The molecule has 0 radical (unpaired) electrons. The Morgan fingerprint density at radius 3 is 2.65 bits per heavy atom.